The van der Waals surface area contributed by atoms with Crippen LogP contribution in [-0.2, 0) is 19.4 Å². The number of sulfone groups is 1. The molecule has 0 aromatic rings. The summed E-state index contributed by atoms with van der Waals surface area (Å²) >= 11 is 0. The van der Waals surface area contributed by atoms with Gasteiger partial charge in [-0.2, -0.15) is 5.10 Å². The maximum Gasteiger partial charge on any atom is 0.267 e. The van der Waals surface area contributed by atoms with Gasteiger partial charge < -0.3 is 10.2 Å². The van der Waals surface area contributed by atoms with Crippen LogP contribution in [0.1, 0.15) is 51.4 Å². The van der Waals surface area contributed by atoms with Gasteiger partial charge in [0.1, 0.15) is 5.71 Å². The van der Waals surface area contributed by atoms with E-state index >= 15 is 0 Å². The normalized spacial score (nSPS) is 27.5. The molecule has 1 aliphatic carbocycles. The van der Waals surface area contributed by atoms with Gasteiger partial charge in [0.2, 0.25) is 5.91 Å². The summed E-state index contributed by atoms with van der Waals surface area (Å²) in [7, 11) is 0.987. The molecule has 1 saturated heterocycles. The summed E-state index contributed by atoms with van der Waals surface area (Å²) in [5.41, 5.74) is 0.293. The lowest BCUT2D eigenvalue weighted by Crippen LogP contribution is -2.55. The van der Waals surface area contributed by atoms with Crippen LogP contribution in [0.2, 0.25) is 0 Å². The fraction of sp³-hybridized carbons (Fsp3) is 0.833. The molecule has 0 radical (unpaired) electrons. The number of hydrogen-bond acceptors (Lipinski definition) is 6. The molecule has 2 heterocycles. The average molecular weight is 399 g/mol. The van der Waals surface area contributed by atoms with Crippen LogP contribution < -0.4 is 5.32 Å². The van der Waals surface area contributed by atoms with E-state index < -0.39 is 15.9 Å². The maximum atomic E-state index is 12.7. The van der Waals surface area contributed by atoms with Crippen molar-refractivity contribution >= 4 is 27.4 Å². The highest BCUT2D eigenvalue weighted by Crippen LogP contribution is 2.31. The van der Waals surface area contributed by atoms with Gasteiger partial charge in [-0.05, 0) is 33.4 Å². The van der Waals surface area contributed by atoms with Crippen molar-refractivity contribution in [1.82, 2.24) is 15.2 Å². The van der Waals surface area contributed by atoms with Crippen molar-refractivity contribution in [2.75, 3.05) is 32.1 Å². The summed E-state index contributed by atoms with van der Waals surface area (Å²) in [5.74, 6) is -0.448. The molecule has 9 heteroatoms. The standard InChI is InChI=1S/C18H30N4O4S/c1-21(2)18(9-4-3-5-10-18)13-19-17(24)15-6-7-16(23)22(20-15)14-8-11-27(25,26)12-14/h14H,3-13H2,1-2H3,(H,19,24). The third-order valence-corrected chi connectivity index (χ3v) is 7.94. The van der Waals surface area contributed by atoms with Crippen LogP contribution in [0.4, 0.5) is 0 Å². The predicted molar refractivity (Wildman–Crippen MR) is 103 cm³/mol. The third-order valence-electron chi connectivity index (χ3n) is 6.19. The summed E-state index contributed by atoms with van der Waals surface area (Å²) in [4.78, 5) is 27.1. The minimum atomic E-state index is -3.12. The van der Waals surface area contributed by atoms with Crippen molar-refractivity contribution in [3.63, 3.8) is 0 Å². The van der Waals surface area contributed by atoms with E-state index in [-0.39, 0.29) is 35.3 Å². The highest BCUT2D eigenvalue weighted by Gasteiger charge is 2.38. The molecular formula is C18H30N4O4S. The number of hydrazone groups is 1. The first-order chi connectivity index (χ1) is 12.7. The Morgan fingerprint density at radius 2 is 1.96 bits per heavy atom. The van der Waals surface area contributed by atoms with Gasteiger partial charge in [-0.25, -0.2) is 13.4 Å². The third kappa shape index (κ3) is 4.51. The molecular weight excluding hydrogens is 368 g/mol. The second-order valence-corrected chi connectivity index (χ2v) is 10.4. The van der Waals surface area contributed by atoms with Crippen molar-refractivity contribution in [3.05, 3.63) is 0 Å². The van der Waals surface area contributed by atoms with Crippen LogP contribution in [0.5, 0.6) is 0 Å². The van der Waals surface area contributed by atoms with Crippen molar-refractivity contribution in [2.24, 2.45) is 5.10 Å². The van der Waals surface area contributed by atoms with Gasteiger partial charge in [0, 0.05) is 24.9 Å². The van der Waals surface area contributed by atoms with E-state index in [0.717, 1.165) is 25.7 Å². The van der Waals surface area contributed by atoms with Crippen LogP contribution in [0.25, 0.3) is 0 Å². The number of carbonyl (C=O) groups is 2. The first-order valence-corrected chi connectivity index (χ1v) is 11.6. The number of likely N-dealkylation sites (N-methyl/N-ethyl adjacent to an activating group) is 1. The Balaban J connectivity index is 1.66. The van der Waals surface area contributed by atoms with Gasteiger partial charge >= 0.3 is 0 Å². The van der Waals surface area contributed by atoms with E-state index in [4.69, 9.17) is 0 Å². The molecule has 0 spiro atoms. The SMILES string of the molecule is CN(C)C1(CNC(=O)C2=NN(C3CCS(=O)(=O)C3)C(=O)CC2)CCCCC1. The zero-order valence-corrected chi connectivity index (χ0v) is 17.1. The molecule has 2 fully saturated rings. The molecule has 27 heavy (non-hydrogen) atoms. The summed E-state index contributed by atoms with van der Waals surface area (Å²) in [5, 5.41) is 8.51. The fourth-order valence-electron chi connectivity index (χ4n) is 4.33. The highest BCUT2D eigenvalue weighted by molar-refractivity contribution is 7.91. The second kappa shape index (κ2) is 7.87. The lowest BCUT2D eigenvalue weighted by molar-refractivity contribution is -0.133. The Kier molecular flexibility index (Phi) is 5.90. The van der Waals surface area contributed by atoms with Gasteiger partial charge in [0.05, 0.1) is 17.5 Å². The molecule has 3 aliphatic rings. The smallest absolute Gasteiger partial charge is 0.267 e. The Hall–Kier alpha value is -1.48. The van der Waals surface area contributed by atoms with Gasteiger partial charge in [0.25, 0.3) is 5.91 Å². The minimum absolute atomic E-state index is 0.0296. The Labute approximate surface area is 161 Å². The topological polar surface area (TPSA) is 99.2 Å². The van der Waals surface area contributed by atoms with Crippen LogP contribution in [-0.4, -0.2) is 79.6 Å². The first kappa shape index (κ1) is 20.3. The van der Waals surface area contributed by atoms with Crippen molar-refractivity contribution in [3.8, 4) is 0 Å². The van der Waals surface area contributed by atoms with E-state index in [1.54, 1.807) is 0 Å². The average Bonchev–Trinajstić information content (AvgIpc) is 3.00. The van der Waals surface area contributed by atoms with Gasteiger partial charge in [0.15, 0.2) is 9.84 Å². The van der Waals surface area contributed by atoms with Gasteiger partial charge in [-0.15, -0.1) is 0 Å². The Morgan fingerprint density at radius 1 is 1.26 bits per heavy atom. The molecule has 1 saturated carbocycles. The summed E-state index contributed by atoms with van der Waals surface area (Å²) in [6.07, 6.45) is 6.54. The molecule has 152 valence electrons. The summed E-state index contributed by atoms with van der Waals surface area (Å²) < 4.78 is 23.4. The lowest BCUT2D eigenvalue weighted by atomic mass is 9.80. The minimum Gasteiger partial charge on any atom is -0.349 e. The van der Waals surface area contributed by atoms with E-state index in [9.17, 15) is 18.0 Å². The molecule has 1 atom stereocenters. The van der Waals surface area contributed by atoms with Gasteiger partial charge in [-0.3, -0.25) is 9.59 Å². The molecule has 0 aromatic heterocycles. The molecule has 2 amide bonds. The largest absolute Gasteiger partial charge is 0.349 e. The molecule has 8 nitrogen and oxygen atoms in total. The molecule has 2 aliphatic heterocycles. The number of hydrogen-bond donors (Lipinski definition) is 1. The second-order valence-electron chi connectivity index (χ2n) is 8.20. The molecule has 0 bridgehead atoms. The monoisotopic (exact) mass is 398 g/mol. The first-order valence-electron chi connectivity index (χ1n) is 9.78. The van der Waals surface area contributed by atoms with E-state index in [1.165, 1.54) is 11.4 Å². The summed E-state index contributed by atoms with van der Waals surface area (Å²) in [6, 6.07) is -0.447. The number of nitrogens with one attached hydrogen (secondary N) is 1. The van der Waals surface area contributed by atoms with Crippen LogP contribution >= 0.6 is 0 Å². The van der Waals surface area contributed by atoms with Crippen molar-refractivity contribution in [2.45, 2.75) is 62.9 Å². The summed E-state index contributed by atoms with van der Waals surface area (Å²) in [6.45, 7) is 0.559. The van der Waals surface area contributed by atoms with Crippen LogP contribution in [0, 0.1) is 0 Å². The zero-order valence-electron chi connectivity index (χ0n) is 16.2. The Bertz CT molecular complexity index is 726. The Morgan fingerprint density at radius 3 is 2.56 bits per heavy atom. The van der Waals surface area contributed by atoms with Crippen molar-refractivity contribution in [1.29, 1.82) is 0 Å². The lowest BCUT2D eigenvalue weighted by Gasteiger charge is -2.43. The van der Waals surface area contributed by atoms with Gasteiger partial charge in [-0.1, -0.05) is 19.3 Å². The molecule has 0 aromatic carbocycles. The van der Waals surface area contributed by atoms with E-state index in [1.807, 2.05) is 0 Å². The number of carbonyl (C=O) groups excluding carboxylic acids is 2. The van der Waals surface area contributed by atoms with Crippen LogP contribution in [0.15, 0.2) is 5.10 Å². The van der Waals surface area contributed by atoms with Crippen molar-refractivity contribution < 1.29 is 18.0 Å². The molecule has 1 N–H and O–H groups in total. The number of nitrogens with zero attached hydrogens (tertiary/aromatic N) is 3. The number of rotatable bonds is 5. The predicted octanol–water partition coefficient (Wildman–Crippen LogP) is 0.533. The quantitative estimate of drug-likeness (QED) is 0.728. The molecule has 1 unspecified atom stereocenters. The fourth-order valence-corrected chi connectivity index (χ4v) is 6.02. The zero-order chi connectivity index (χ0) is 19.7. The van der Waals surface area contributed by atoms with E-state index in [0.29, 0.717) is 25.1 Å². The van der Waals surface area contributed by atoms with Crippen LogP contribution in [0.3, 0.4) is 0 Å². The maximum absolute atomic E-state index is 12.7. The highest BCUT2D eigenvalue weighted by atomic mass is 32.2. The number of amides is 2. The molecule has 3 rings (SSSR count). The van der Waals surface area contributed by atoms with E-state index in [2.05, 4.69) is 29.4 Å².